The number of thioether (sulfide) groups is 1. The van der Waals surface area contributed by atoms with E-state index in [4.69, 9.17) is 4.42 Å². The van der Waals surface area contributed by atoms with Crippen LogP contribution in [0.25, 0.3) is 21.2 Å². The van der Waals surface area contributed by atoms with Gasteiger partial charge in [0.15, 0.2) is 10.6 Å². The quantitative estimate of drug-likeness (QED) is 0.426. The fourth-order valence-electron chi connectivity index (χ4n) is 2.76. The Morgan fingerprint density at radius 2 is 2.12 bits per heavy atom. The first-order chi connectivity index (χ1) is 12.7. The molecule has 0 aliphatic rings. The van der Waals surface area contributed by atoms with Crippen molar-refractivity contribution in [1.29, 1.82) is 0 Å². The van der Waals surface area contributed by atoms with Crippen LogP contribution >= 0.6 is 39.0 Å². The number of thiazole rings is 1. The van der Waals surface area contributed by atoms with E-state index in [1.807, 2.05) is 30.3 Å². The predicted octanol–water partition coefficient (Wildman–Crippen LogP) is 5.32. The molecule has 2 aromatic carbocycles. The largest absolute Gasteiger partial charge is 0.451 e. The van der Waals surface area contributed by atoms with E-state index in [-0.39, 0.29) is 11.7 Å². The second-order valence-corrected chi connectivity index (χ2v) is 8.62. The van der Waals surface area contributed by atoms with Crippen LogP contribution in [-0.4, -0.2) is 22.5 Å². The number of carbonyl (C=O) groups excluding carboxylic acids is 1. The molecule has 7 heteroatoms. The maximum absolute atomic E-state index is 12.7. The van der Waals surface area contributed by atoms with E-state index in [0.717, 1.165) is 32.4 Å². The van der Waals surface area contributed by atoms with Crippen molar-refractivity contribution < 1.29 is 9.21 Å². The minimum atomic E-state index is -0.357. The average molecular weight is 447 g/mol. The zero-order chi connectivity index (χ0) is 18.1. The molecule has 0 spiro atoms. The van der Waals surface area contributed by atoms with Gasteiger partial charge in [0.05, 0.1) is 10.2 Å². The fraction of sp³-hybridized carbons (Fsp3) is 0.158. The van der Waals surface area contributed by atoms with Crippen molar-refractivity contribution in [2.24, 2.45) is 4.99 Å². The summed E-state index contributed by atoms with van der Waals surface area (Å²) in [6, 6.07) is 15.4. The third-order valence-electron chi connectivity index (χ3n) is 4.00. The highest BCUT2D eigenvalue weighted by atomic mass is 79.9. The molecule has 0 saturated carbocycles. The van der Waals surface area contributed by atoms with Crippen LogP contribution < -0.4 is 4.80 Å². The molecule has 0 aliphatic heterocycles. The number of aryl methyl sites for hydroxylation is 1. The van der Waals surface area contributed by atoms with Crippen LogP contribution in [0.4, 0.5) is 0 Å². The number of nitrogens with zero attached hydrogens (tertiary/aromatic N) is 2. The zero-order valence-corrected chi connectivity index (χ0v) is 17.2. The number of hydrogen-bond donors (Lipinski definition) is 0. The molecule has 4 aromatic rings. The second kappa shape index (κ2) is 7.42. The lowest BCUT2D eigenvalue weighted by molar-refractivity contribution is 0.0973. The summed E-state index contributed by atoms with van der Waals surface area (Å²) in [7, 11) is 0. The molecule has 4 rings (SSSR count). The number of hydrogen-bond acceptors (Lipinski definition) is 4. The van der Waals surface area contributed by atoms with Crippen molar-refractivity contribution in [3.8, 4) is 0 Å². The topological polar surface area (TPSA) is 47.5 Å². The number of aromatic nitrogens is 1. The molecular formula is C19H15BrN2O2S2. The molecule has 0 unspecified atom stereocenters. The van der Waals surface area contributed by atoms with Crippen LogP contribution in [0, 0.1) is 0 Å². The molecule has 0 N–H and O–H groups in total. The third kappa shape index (κ3) is 3.39. The second-order valence-electron chi connectivity index (χ2n) is 5.71. The van der Waals surface area contributed by atoms with E-state index >= 15 is 0 Å². The van der Waals surface area contributed by atoms with Gasteiger partial charge >= 0.3 is 5.91 Å². The molecule has 0 bridgehead atoms. The molecule has 0 aliphatic carbocycles. The highest BCUT2D eigenvalue weighted by Crippen LogP contribution is 2.23. The van der Waals surface area contributed by atoms with Gasteiger partial charge in [-0.05, 0) is 36.6 Å². The van der Waals surface area contributed by atoms with Crippen molar-refractivity contribution >= 4 is 66.1 Å². The summed E-state index contributed by atoms with van der Waals surface area (Å²) in [6.45, 7) is 0.801. The van der Waals surface area contributed by atoms with E-state index in [1.54, 1.807) is 17.8 Å². The lowest BCUT2D eigenvalue weighted by Crippen LogP contribution is -2.18. The number of furan rings is 1. The molecule has 0 radical (unpaired) electrons. The molecule has 26 heavy (non-hydrogen) atoms. The number of rotatable bonds is 4. The van der Waals surface area contributed by atoms with Gasteiger partial charge < -0.3 is 8.98 Å². The molecule has 1 amide bonds. The molecule has 0 fully saturated rings. The van der Waals surface area contributed by atoms with Gasteiger partial charge in [0, 0.05) is 22.2 Å². The van der Waals surface area contributed by atoms with E-state index in [0.29, 0.717) is 10.4 Å². The number of fused-ring (bicyclic) bond motifs is 2. The highest BCUT2D eigenvalue weighted by Gasteiger charge is 2.13. The van der Waals surface area contributed by atoms with Gasteiger partial charge in [0.2, 0.25) is 0 Å². The van der Waals surface area contributed by atoms with Crippen molar-refractivity contribution in [2.45, 2.75) is 6.54 Å². The van der Waals surface area contributed by atoms with Crippen LogP contribution in [-0.2, 0) is 6.54 Å². The Hall–Kier alpha value is -1.83. The number of amides is 1. The lowest BCUT2D eigenvalue weighted by Gasteiger charge is -2.03. The number of para-hydroxylation sites is 1. The van der Waals surface area contributed by atoms with Gasteiger partial charge in [0.1, 0.15) is 5.58 Å². The minimum absolute atomic E-state index is 0.265. The molecular weight excluding hydrogens is 432 g/mol. The predicted molar refractivity (Wildman–Crippen MR) is 112 cm³/mol. The van der Waals surface area contributed by atoms with Crippen molar-refractivity contribution in [1.82, 2.24) is 4.57 Å². The Bertz CT molecular complexity index is 1140. The van der Waals surface area contributed by atoms with Gasteiger partial charge in [-0.3, -0.25) is 4.79 Å². The van der Waals surface area contributed by atoms with E-state index in [9.17, 15) is 4.79 Å². The Balaban J connectivity index is 1.81. The average Bonchev–Trinajstić information content (AvgIpc) is 3.20. The van der Waals surface area contributed by atoms with Crippen LogP contribution in [0.1, 0.15) is 10.6 Å². The highest BCUT2D eigenvalue weighted by molar-refractivity contribution is 9.10. The number of halogens is 1. The van der Waals surface area contributed by atoms with Crippen molar-refractivity contribution in [3.05, 3.63) is 63.6 Å². The summed E-state index contributed by atoms with van der Waals surface area (Å²) in [5.41, 5.74) is 1.78. The van der Waals surface area contributed by atoms with Crippen LogP contribution in [0.2, 0.25) is 0 Å². The van der Waals surface area contributed by atoms with E-state index < -0.39 is 0 Å². The molecule has 2 heterocycles. The fourth-order valence-corrected chi connectivity index (χ4v) is 4.73. The molecule has 2 aromatic heterocycles. The first-order valence-corrected chi connectivity index (χ1v) is 11.0. The Kier molecular flexibility index (Phi) is 5.02. The van der Waals surface area contributed by atoms with E-state index in [2.05, 4.69) is 43.9 Å². The van der Waals surface area contributed by atoms with Crippen molar-refractivity contribution in [2.75, 3.05) is 12.0 Å². The van der Waals surface area contributed by atoms with Crippen molar-refractivity contribution in [3.63, 3.8) is 0 Å². The van der Waals surface area contributed by atoms with Gasteiger partial charge in [0.25, 0.3) is 0 Å². The van der Waals surface area contributed by atoms with E-state index in [1.165, 1.54) is 11.3 Å². The first-order valence-electron chi connectivity index (χ1n) is 8.01. The summed E-state index contributed by atoms with van der Waals surface area (Å²) in [6.07, 6.45) is 2.07. The SMILES string of the molecule is CSCCn1c(=NC(=O)c2cc3ccccc3o2)sc2cc(Br)ccc21. The van der Waals surface area contributed by atoms with Crippen LogP contribution in [0.5, 0.6) is 0 Å². The molecule has 4 nitrogen and oxygen atoms in total. The van der Waals surface area contributed by atoms with Gasteiger partial charge in [-0.15, -0.1) is 0 Å². The summed E-state index contributed by atoms with van der Waals surface area (Å²) in [5.74, 6) is 0.861. The van der Waals surface area contributed by atoms with Gasteiger partial charge in [-0.1, -0.05) is 45.5 Å². The summed E-state index contributed by atoms with van der Waals surface area (Å²) < 4.78 is 9.86. The summed E-state index contributed by atoms with van der Waals surface area (Å²) in [4.78, 5) is 17.7. The standard InChI is InChI=1S/C19H15BrN2O2S2/c1-25-9-8-22-14-7-6-13(20)11-17(14)26-19(22)21-18(23)16-10-12-4-2-3-5-15(12)24-16/h2-7,10-11H,8-9H2,1H3. The smallest absolute Gasteiger partial charge is 0.315 e. The number of carbonyl (C=O) groups is 1. The summed E-state index contributed by atoms with van der Waals surface area (Å²) >= 11 is 6.79. The van der Waals surface area contributed by atoms with Crippen LogP contribution in [0.15, 0.2) is 62.4 Å². The lowest BCUT2D eigenvalue weighted by atomic mass is 10.2. The third-order valence-corrected chi connectivity index (χ3v) is 6.12. The molecule has 0 saturated heterocycles. The zero-order valence-electron chi connectivity index (χ0n) is 13.9. The van der Waals surface area contributed by atoms with Gasteiger partial charge in [-0.2, -0.15) is 16.8 Å². The molecule has 0 atom stereocenters. The summed E-state index contributed by atoms with van der Waals surface area (Å²) in [5, 5.41) is 0.904. The molecule has 132 valence electrons. The maximum Gasteiger partial charge on any atom is 0.315 e. The van der Waals surface area contributed by atoms with Crippen LogP contribution in [0.3, 0.4) is 0 Å². The maximum atomic E-state index is 12.7. The minimum Gasteiger partial charge on any atom is -0.451 e. The Morgan fingerprint density at radius 3 is 2.92 bits per heavy atom. The number of benzene rings is 2. The van der Waals surface area contributed by atoms with Gasteiger partial charge in [-0.25, -0.2) is 0 Å². The first kappa shape index (κ1) is 17.6. The monoisotopic (exact) mass is 446 g/mol. The normalized spacial score (nSPS) is 12.3. The Morgan fingerprint density at radius 1 is 1.27 bits per heavy atom. The Labute approximate surface area is 166 Å².